The molecule has 0 amide bonds. The first-order valence-electron chi connectivity index (χ1n) is 7.17. The van der Waals surface area contributed by atoms with Gasteiger partial charge in [0.15, 0.2) is 0 Å². The molecule has 4 heteroatoms. The molecule has 0 saturated carbocycles. The highest BCUT2D eigenvalue weighted by Crippen LogP contribution is 2.32. The lowest BCUT2D eigenvalue weighted by molar-refractivity contribution is 0.255. The lowest BCUT2D eigenvalue weighted by Gasteiger charge is -2.27. The molecule has 1 aromatic rings. The minimum Gasteiger partial charge on any atom is -0.316 e. The van der Waals surface area contributed by atoms with Crippen molar-refractivity contribution in [3.63, 3.8) is 0 Å². The van der Waals surface area contributed by atoms with Crippen molar-refractivity contribution in [3.8, 4) is 0 Å². The maximum absolute atomic E-state index is 4.94. The van der Waals surface area contributed by atoms with Crippen molar-refractivity contribution in [1.82, 2.24) is 15.2 Å². The Balaban J connectivity index is 1.65. The Kier molecular flexibility index (Phi) is 3.97. The Morgan fingerprint density at radius 1 is 1.28 bits per heavy atom. The number of nitrogens with zero attached hydrogens (tertiary/aromatic N) is 2. The van der Waals surface area contributed by atoms with Crippen molar-refractivity contribution in [2.24, 2.45) is 0 Å². The van der Waals surface area contributed by atoms with E-state index in [2.05, 4.69) is 22.6 Å². The number of piperidine rings is 2. The van der Waals surface area contributed by atoms with Gasteiger partial charge in [-0.15, -0.1) is 11.3 Å². The fourth-order valence-corrected chi connectivity index (χ4v) is 4.11. The van der Waals surface area contributed by atoms with Crippen LogP contribution in [0.3, 0.4) is 0 Å². The molecule has 0 radical (unpaired) electrons. The number of aromatic nitrogens is 1. The van der Waals surface area contributed by atoms with Crippen LogP contribution in [0, 0.1) is 0 Å². The van der Waals surface area contributed by atoms with Gasteiger partial charge in [-0.05, 0) is 52.4 Å². The summed E-state index contributed by atoms with van der Waals surface area (Å²) >= 11 is 1.89. The van der Waals surface area contributed by atoms with E-state index in [1.807, 2.05) is 11.3 Å². The van der Waals surface area contributed by atoms with Crippen molar-refractivity contribution < 1.29 is 0 Å². The second-order valence-corrected chi connectivity index (χ2v) is 6.62. The Hall–Kier alpha value is -0.450. The summed E-state index contributed by atoms with van der Waals surface area (Å²) in [6.45, 7) is 4.76. The number of likely N-dealkylation sites (tertiary alicyclic amines) is 1. The summed E-state index contributed by atoms with van der Waals surface area (Å²) in [7, 11) is 2.22. The molecular formula is C14H23N3S. The summed E-state index contributed by atoms with van der Waals surface area (Å²) in [5.41, 5.74) is 1.35. The van der Waals surface area contributed by atoms with Gasteiger partial charge in [-0.1, -0.05) is 0 Å². The minimum atomic E-state index is 0.662. The Morgan fingerprint density at radius 2 is 2.11 bits per heavy atom. The van der Waals surface area contributed by atoms with Gasteiger partial charge in [0.05, 0.1) is 10.7 Å². The summed E-state index contributed by atoms with van der Waals surface area (Å²) in [5.74, 6) is 1.38. The minimum absolute atomic E-state index is 0.662. The largest absolute Gasteiger partial charge is 0.316 e. The Bertz CT molecular complexity index is 376. The number of nitrogens with one attached hydrogen (secondary N) is 1. The number of rotatable bonds is 2. The highest BCUT2D eigenvalue weighted by atomic mass is 32.1. The highest BCUT2D eigenvalue weighted by molar-refractivity contribution is 7.09. The first-order valence-corrected chi connectivity index (χ1v) is 8.05. The molecule has 2 aliphatic rings. The molecule has 3 heterocycles. The number of hydrogen-bond acceptors (Lipinski definition) is 4. The zero-order valence-corrected chi connectivity index (χ0v) is 12.0. The predicted molar refractivity (Wildman–Crippen MR) is 76.4 cm³/mol. The van der Waals surface area contributed by atoms with E-state index in [-0.39, 0.29) is 0 Å². The summed E-state index contributed by atoms with van der Waals surface area (Å²) < 4.78 is 0. The summed E-state index contributed by atoms with van der Waals surface area (Å²) in [5, 5.41) is 7.19. The van der Waals surface area contributed by atoms with E-state index < -0.39 is 0 Å². The third-order valence-corrected chi connectivity index (χ3v) is 5.35. The molecule has 1 unspecified atom stereocenters. The SMILES string of the molecule is CN1CCC(c2nc(C3CCCNC3)cs2)CC1. The maximum Gasteiger partial charge on any atom is 0.0960 e. The fraction of sp³-hybridized carbons (Fsp3) is 0.786. The predicted octanol–water partition coefficient (Wildman–Crippen LogP) is 2.42. The van der Waals surface area contributed by atoms with E-state index in [0.717, 1.165) is 12.5 Å². The molecule has 100 valence electrons. The van der Waals surface area contributed by atoms with Crippen LogP contribution in [0.15, 0.2) is 5.38 Å². The number of thiazole rings is 1. The van der Waals surface area contributed by atoms with Gasteiger partial charge < -0.3 is 10.2 Å². The normalized spacial score (nSPS) is 27.5. The second-order valence-electron chi connectivity index (χ2n) is 5.73. The van der Waals surface area contributed by atoms with E-state index in [1.165, 1.54) is 56.0 Å². The molecular weight excluding hydrogens is 242 g/mol. The molecule has 3 rings (SSSR count). The van der Waals surface area contributed by atoms with E-state index in [0.29, 0.717) is 5.92 Å². The van der Waals surface area contributed by atoms with Gasteiger partial charge in [-0.25, -0.2) is 4.98 Å². The van der Waals surface area contributed by atoms with Crippen LogP contribution < -0.4 is 5.32 Å². The van der Waals surface area contributed by atoms with Gasteiger partial charge in [0.25, 0.3) is 0 Å². The van der Waals surface area contributed by atoms with Crippen LogP contribution in [-0.2, 0) is 0 Å². The van der Waals surface area contributed by atoms with Crippen molar-refractivity contribution in [3.05, 3.63) is 16.1 Å². The van der Waals surface area contributed by atoms with Crippen LogP contribution in [0.25, 0.3) is 0 Å². The second kappa shape index (κ2) is 5.68. The fourth-order valence-electron chi connectivity index (χ4n) is 3.04. The van der Waals surface area contributed by atoms with Crippen molar-refractivity contribution in [1.29, 1.82) is 0 Å². The van der Waals surface area contributed by atoms with Gasteiger partial charge in [-0.2, -0.15) is 0 Å². The molecule has 1 aromatic heterocycles. The van der Waals surface area contributed by atoms with Crippen LogP contribution in [-0.4, -0.2) is 43.1 Å². The van der Waals surface area contributed by atoms with E-state index >= 15 is 0 Å². The van der Waals surface area contributed by atoms with E-state index in [9.17, 15) is 0 Å². The maximum atomic E-state index is 4.94. The van der Waals surface area contributed by atoms with Gasteiger partial charge in [0.2, 0.25) is 0 Å². The van der Waals surface area contributed by atoms with Crippen molar-refractivity contribution in [2.45, 2.75) is 37.5 Å². The smallest absolute Gasteiger partial charge is 0.0960 e. The highest BCUT2D eigenvalue weighted by Gasteiger charge is 2.23. The molecule has 0 spiro atoms. The monoisotopic (exact) mass is 265 g/mol. The van der Waals surface area contributed by atoms with Crippen molar-refractivity contribution >= 4 is 11.3 Å². The van der Waals surface area contributed by atoms with Crippen LogP contribution >= 0.6 is 11.3 Å². The number of hydrogen-bond donors (Lipinski definition) is 1. The average Bonchev–Trinajstić information content (AvgIpc) is 2.90. The summed E-state index contributed by atoms with van der Waals surface area (Å²) in [6.07, 6.45) is 5.17. The molecule has 0 bridgehead atoms. The lowest BCUT2D eigenvalue weighted by Crippen LogP contribution is -2.29. The summed E-state index contributed by atoms with van der Waals surface area (Å²) in [4.78, 5) is 7.37. The molecule has 3 nitrogen and oxygen atoms in total. The molecule has 18 heavy (non-hydrogen) atoms. The first kappa shape index (κ1) is 12.6. The third-order valence-electron chi connectivity index (χ3n) is 4.32. The van der Waals surface area contributed by atoms with E-state index in [4.69, 9.17) is 4.98 Å². The van der Waals surface area contributed by atoms with Crippen LogP contribution in [0.1, 0.15) is 48.2 Å². The lowest BCUT2D eigenvalue weighted by atomic mass is 9.96. The van der Waals surface area contributed by atoms with Gasteiger partial charge >= 0.3 is 0 Å². The molecule has 0 aliphatic carbocycles. The molecule has 2 aliphatic heterocycles. The first-order chi connectivity index (χ1) is 8.83. The zero-order valence-electron chi connectivity index (χ0n) is 11.2. The zero-order chi connectivity index (χ0) is 12.4. The quantitative estimate of drug-likeness (QED) is 0.890. The van der Waals surface area contributed by atoms with E-state index in [1.54, 1.807) is 0 Å². The molecule has 1 atom stereocenters. The molecule has 2 saturated heterocycles. The van der Waals surface area contributed by atoms with Crippen LogP contribution in [0.5, 0.6) is 0 Å². The van der Waals surface area contributed by atoms with Crippen LogP contribution in [0.2, 0.25) is 0 Å². The molecule has 2 fully saturated rings. The Labute approximate surface area is 114 Å². The third kappa shape index (κ3) is 2.76. The Morgan fingerprint density at radius 3 is 2.83 bits per heavy atom. The summed E-state index contributed by atoms with van der Waals surface area (Å²) in [6, 6.07) is 0. The van der Waals surface area contributed by atoms with Gasteiger partial charge in [0, 0.05) is 23.8 Å². The molecule has 1 N–H and O–H groups in total. The molecule has 0 aromatic carbocycles. The van der Waals surface area contributed by atoms with Gasteiger partial charge in [0.1, 0.15) is 0 Å². The van der Waals surface area contributed by atoms with Crippen LogP contribution in [0.4, 0.5) is 0 Å². The van der Waals surface area contributed by atoms with Crippen molar-refractivity contribution in [2.75, 3.05) is 33.2 Å². The topological polar surface area (TPSA) is 28.2 Å². The van der Waals surface area contributed by atoms with Gasteiger partial charge in [-0.3, -0.25) is 0 Å². The standard InChI is InChI=1S/C14H23N3S/c1-17-7-4-11(5-8-17)14-16-13(10-18-14)12-3-2-6-15-9-12/h10-12,15H,2-9H2,1H3. The average molecular weight is 265 g/mol.